The fourth-order valence-electron chi connectivity index (χ4n) is 3.90. The zero-order valence-corrected chi connectivity index (χ0v) is 19.3. The van der Waals surface area contributed by atoms with E-state index in [1.165, 1.54) is 48.9 Å². The van der Waals surface area contributed by atoms with Crippen LogP contribution in [0.4, 0.5) is 5.82 Å². The summed E-state index contributed by atoms with van der Waals surface area (Å²) in [7, 11) is 0. The first-order valence-electron chi connectivity index (χ1n) is 11.4. The molecule has 1 N–H and O–H groups in total. The van der Waals surface area contributed by atoms with Gasteiger partial charge in [0.2, 0.25) is 0 Å². The molecule has 3 rings (SSSR count). The van der Waals surface area contributed by atoms with Crippen molar-refractivity contribution >= 4 is 11.5 Å². The van der Waals surface area contributed by atoms with Crippen LogP contribution in [0.2, 0.25) is 0 Å². The van der Waals surface area contributed by atoms with E-state index in [9.17, 15) is 0 Å². The number of anilines is 1. The molecule has 0 amide bonds. The van der Waals surface area contributed by atoms with E-state index in [2.05, 4.69) is 74.2 Å². The first kappa shape index (κ1) is 22.3. The van der Waals surface area contributed by atoms with Gasteiger partial charge in [-0.1, -0.05) is 44.9 Å². The molecule has 0 atom stereocenters. The van der Waals surface area contributed by atoms with Crippen LogP contribution in [-0.4, -0.2) is 45.7 Å². The minimum atomic E-state index is 0.906. The Balaban J connectivity index is 1.76. The summed E-state index contributed by atoms with van der Waals surface area (Å²) >= 11 is 0. The Labute approximate surface area is 181 Å². The van der Waals surface area contributed by atoms with Gasteiger partial charge in [-0.2, -0.15) is 9.61 Å². The number of hydrogen-bond donors (Lipinski definition) is 1. The first-order chi connectivity index (χ1) is 14.5. The quantitative estimate of drug-likeness (QED) is 0.418. The van der Waals surface area contributed by atoms with E-state index < -0.39 is 0 Å². The average Bonchev–Trinajstić information content (AvgIpc) is 3.14. The Morgan fingerprint density at radius 1 is 0.933 bits per heavy atom. The van der Waals surface area contributed by atoms with Crippen molar-refractivity contribution in [3.63, 3.8) is 0 Å². The molecule has 0 unspecified atom stereocenters. The van der Waals surface area contributed by atoms with Crippen molar-refractivity contribution in [1.82, 2.24) is 19.5 Å². The Kier molecular flexibility index (Phi) is 7.86. The molecule has 0 fully saturated rings. The molecule has 1 aromatic carbocycles. The lowest BCUT2D eigenvalue weighted by molar-refractivity contribution is 0.278. The number of rotatable bonds is 11. The van der Waals surface area contributed by atoms with Crippen LogP contribution in [0.15, 0.2) is 30.5 Å². The van der Waals surface area contributed by atoms with Crippen molar-refractivity contribution in [2.45, 2.75) is 60.3 Å². The third kappa shape index (κ3) is 5.39. The van der Waals surface area contributed by atoms with Crippen LogP contribution in [-0.2, 0) is 0 Å². The molecule has 5 heteroatoms. The molecule has 0 radical (unpaired) electrons. The van der Waals surface area contributed by atoms with E-state index in [-0.39, 0.29) is 0 Å². The van der Waals surface area contributed by atoms with Crippen molar-refractivity contribution in [3.05, 3.63) is 47.3 Å². The van der Waals surface area contributed by atoms with Gasteiger partial charge < -0.3 is 10.2 Å². The second-order valence-corrected chi connectivity index (χ2v) is 8.35. The maximum atomic E-state index is 4.80. The first-order valence-corrected chi connectivity index (χ1v) is 11.4. The van der Waals surface area contributed by atoms with Crippen LogP contribution < -0.4 is 5.32 Å². The summed E-state index contributed by atoms with van der Waals surface area (Å²) in [5.74, 6) is 1.01. The van der Waals surface area contributed by atoms with Crippen LogP contribution in [0.5, 0.6) is 0 Å². The predicted octanol–water partition coefficient (Wildman–Crippen LogP) is 5.64. The molecular formula is C25H37N5. The maximum Gasteiger partial charge on any atom is 0.165 e. The number of nitrogens with zero attached hydrogens (tertiary/aromatic N) is 4. The van der Waals surface area contributed by atoms with Crippen LogP contribution >= 0.6 is 0 Å². The smallest absolute Gasteiger partial charge is 0.165 e. The standard InChI is InChI=1S/C25H37N5/c1-6-8-9-14-29(13-7-2)15-12-26-24-17-21(5)28-25-23(18-27-30(24)25)22-11-10-19(3)20(4)16-22/h10-11,16-18,26H,6-9,12-15H2,1-5H3. The number of unbranched alkanes of at least 4 members (excludes halogenated alkanes) is 2. The van der Waals surface area contributed by atoms with Gasteiger partial charge in [-0.25, -0.2) is 4.98 Å². The Hall–Kier alpha value is -2.40. The fourth-order valence-corrected chi connectivity index (χ4v) is 3.90. The Morgan fingerprint density at radius 3 is 2.50 bits per heavy atom. The SMILES string of the molecule is CCCCCN(CCC)CCNc1cc(C)nc2c(-c3ccc(C)c(C)c3)cnn12. The summed E-state index contributed by atoms with van der Waals surface area (Å²) in [6, 6.07) is 8.65. The van der Waals surface area contributed by atoms with Gasteiger partial charge in [0.1, 0.15) is 5.82 Å². The summed E-state index contributed by atoms with van der Waals surface area (Å²) in [6.07, 6.45) is 7.00. The molecule has 0 saturated heterocycles. The van der Waals surface area contributed by atoms with E-state index in [0.717, 1.165) is 42.4 Å². The summed E-state index contributed by atoms with van der Waals surface area (Å²) in [5, 5.41) is 8.27. The van der Waals surface area contributed by atoms with E-state index in [1.54, 1.807) is 0 Å². The van der Waals surface area contributed by atoms with Crippen LogP contribution in [0.3, 0.4) is 0 Å². The molecule has 5 nitrogen and oxygen atoms in total. The molecule has 0 saturated carbocycles. The summed E-state index contributed by atoms with van der Waals surface area (Å²) < 4.78 is 1.94. The van der Waals surface area contributed by atoms with Crippen molar-refractivity contribution < 1.29 is 0 Å². The van der Waals surface area contributed by atoms with Crippen molar-refractivity contribution in [3.8, 4) is 11.1 Å². The molecule has 0 bridgehead atoms. The number of nitrogens with one attached hydrogen (secondary N) is 1. The lowest BCUT2D eigenvalue weighted by Gasteiger charge is -2.22. The number of aryl methyl sites for hydroxylation is 3. The van der Waals surface area contributed by atoms with Gasteiger partial charge in [-0.15, -0.1) is 0 Å². The number of hydrogen-bond acceptors (Lipinski definition) is 4. The summed E-state index contributed by atoms with van der Waals surface area (Å²) in [4.78, 5) is 7.36. The fraction of sp³-hybridized carbons (Fsp3) is 0.520. The normalized spacial score (nSPS) is 11.5. The van der Waals surface area contributed by atoms with Crippen molar-refractivity contribution in [2.75, 3.05) is 31.5 Å². The summed E-state index contributed by atoms with van der Waals surface area (Å²) in [5.41, 5.74) is 6.76. The van der Waals surface area contributed by atoms with Gasteiger partial charge in [0.25, 0.3) is 0 Å². The minimum absolute atomic E-state index is 0.906. The van der Waals surface area contributed by atoms with Gasteiger partial charge >= 0.3 is 0 Å². The van der Waals surface area contributed by atoms with E-state index in [4.69, 9.17) is 4.98 Å². The third-order valence-electron chi connectivity index (χ3n) is 5.77. The van der Waals surface area contributed by atoms with Crippen molar-refractivity contribution in [2.24, 2.45) is 0 Å². The van der Waals surface area contributed by atoms with E-state index >= 15 is 0 Å². The molecule has 0 spiro atoms. The highest BCUT2D eigenvalue weighted by Crippen LogP contribution is 2.27. The molecule has 2 heterocycles. The highest BCUT2D eigenvalue weighted by molar-refractivity contribution is 5.78. The predicted molar refractivity (Wildman–Crippen MR) is 127 cm³/mol. The molecule has 0 aliphatic heterocycles. The van der Waals surface area contributed by atoms with Gasteiger partial charge in [0.05, 0.1) is 6.20 Å². The van der Waals surface area contributed by atoms with Crippen LogP contribution in [0.1, 0.15) is 56.4 Å². The van der Waals surface area contributed by atoms with E-state index in [0.29, 0.717) is 0 Å². The van der Waals surface area contributed by atoms with Gasteiger partial charge in [-0.05, 0) is 63.4 Å². The molecule has 3 aromatic rings. The highest BCUT2D eigenvalue weighted by Gasteiger charge is 2.13. The molecular weight excluding hydrogens is 370 g/mol. The van der Waals surface area contributed by atoms with Crippen molar-refractivity contribution in [1.29, 1.82) is 0 Å². The second-order valence-electron chi connectivity index (χ2n) is 8.35. The monoisotopic (exact) mass is 407 g/mol. The van der Waals surface area contributed by atoms with Crippen LogP contribution in [0.25, 0.3) is 16.8 Å². The molecule has 30 heavy (non-hydrogen) atoms. The molecule has 0 aliphatic carbocycles. The highest BCUT2D eigenvalue weighted by atomic mass is 15.3. The zero-order valence-electron chi connectivity index (χ0n) is 19.3. The molecule has 162 valence electrons. The third-order valence-corrected chi connectivity index (χ3v) is 5.77. The largest absolute Gasteiger partial charge is 0.369 e. The molecule has 0 aliphatic rings. The Morgan fingerprint density at radius 2 is 1.77 bits per heavy atom. The topological polar surface area (TPSA) is 45.5 Å². The minimum Gasteiger partial charge on any atom is -0.369 e. The second kappa shape index (κ2) is 10.6. The zero-order chi connectivity index (χ0) is 21.5. The number of aromatic nitrogens is 3. The van der Waals surface area contributed by atoms with Gasteiger partial charge in [0, 0.05) is 30.4 Å². The van der Waals surface area contributed by atoms with Crippen LogP contribution in [0, 0.1) is 20.8 Å². The lowest BCUT2D eigenvalue weighted by Crippen LogP contribution is -2.31. The molecule has 2 aromatic heterocycles. The average molecular weight is 408 g/mol. The maximum absolute atomic E-state index is 4.80. The summed E-state index contributed by atoms with van der Waals surface area (Å²) in [6.45, 7) is 15.2. The lowest BCUT2D eigenvalue weighted by atomic mass is 10.0. The Bertz CT molecular complexity index is 960. The van der Waals surface area contributed by atoms with Gasteiger partial charge in [0.15, 0.2) is 5.65 Å². The number of benzene rings is 1. The van der Waals surface area contributed by atoms with E-state index in [1.807, 2.05) is 10.7 Å². The van der Waals surface area contributed by atoms with Gasteiger partial charge in [-0.3, -0.25) is 0 Å². The number of fused-ring (bicyclic) bond motifs is 1.